The maximum atomic E-state index is 11.3. The Labute approximate surface area is 139 Å². The van der Waals surface area contributed by atoms with Crippen molar-refractivity contribution in [1.82, 2.24) is 25.2 Å². The molecule has 0 spiro atoms. The van der Waals surface area contributed by atoms with Gasteiger partial charge in [-0.1, -0.05) is 12.1 Å². The molecule has 0 fully saturated rings. The fraction of sp³-hybridized carbons (Fsp3) is 0.643. The van der Waals surface area contributed by atoms with Gasteiger partial charge in [-0.05, 0) is 27.3 Å². The zero-order valence-corrected chi connectivity index (χ0v) is 14.5. The van der Waals surface area contributed by atoms with Crippen molar-refractivity contribution < 1.29 is 9.45 Å². The number of aromatic nitrogens is 4. The number of hydrogen-bond donors (Lipinski definition) is 2. The highest BCUT2D eigenvalue weighted by molar-refractivity contribution is 5.60. The summed E-state index contributed by atoms with van der Waals surface area (Å²) < 4.78 is 6.79. The first-order chi connectivity index (χ1) is 11.4. The van der Waals surface area contributed by atoms with E-state index in [1.165, 1.54) is 4.68 Å². The third kappa shape index (κ3) is 3.70. The molecule has 2 rings (SSSR count). The molecule has 2 N–H and O–H groups in total. The van der Waals surface area contributed by atoms with Crippen LogP contribution in [0.2, 0.25) is 0 Å². The highest BCUT2D eigenvalue weighted by Crippen LogP contribution is 2.31. The van der Waals surface area contributed by atoms with Gasteiger partial charge in [0.2, 0.25) is 11.7 Å². The molecule has 2 unspecified atom stereocenters. The number of hydrogen-bond acceptors (Lipinski definition) is 8. The van der Waals surface area contributed by atoms with Crippen molar-refractivity contribution in [3.05, 3.63) is 27.5 Å². The molecular formula is C14H23N7O3. The molecule has 0 aliphatic heterocycles. The lowest BCUT2D eigenvalue weighted by Crippen LogP contribution is -2.24. The summed E-state index contributed by atoms with van der Waals surface area (Å²) >= 11 is 0. The lowest BCUT2D eigenvalue weighted by atomic mass is 10.2. The molecule has 0 aliphatic carbocycles. The number of nitrogens with one attached hydrogen (secondary N) is 2. The zero-order chi connectivity index (χ0) is 17.9. The average Bonchev–Trinajstić information content (AvgIpc) is 3.08. The Morgan fingerprint density at radius 2 is 2.17 bits per heavy atom. The van der Waals surface area contributed by atoms with Gasteiger partial charge in [0.05, 0.1) is 4.92 Å². The summed E-state index contributed by atoms with van der Waals surface area (Å²) in [5, 5.41) is 25.6. The Balaban J connectivity index is 2.23. The summed E-state index contributed by atoms with van der Waals surface area (Å²) in [5.41, 5.74) is 0.313. The molecule has 0 saturated carbocycles. The van der Waals surface area contributed by atoms with Crippen LogP contribution in [0.3, 0.4) is 0 Å². The third-order valence-corrected chi connectivity index (χ3v) is 3.86. The predicted octanol–water partition coefficient (Wildman–Crippen LogP) is 1.73. The molecule has 0 amide bonds. The molecule has 2 atom stereocenters. The molecule has 0 radical (unpaired) electrons. The third-order valence-electron chi connectivity index (χ3n) is 3.86. The summed E-state index contributed by atoms with van der Waals surface area (Å²) in [5.74, 6) is 1.33. The topological polar surface area (TPSA) is 124 Å². The van der Waals surface area contributed by atoms with E-state index in [0.29, 0.717) is 36.1 Å². The Bertz CT molecular complexity index is 709. The van der Waals surface area contributed by atoms with E-state index >= 15 is 0 Å². The number of nitro groups is 1. The molecule has 0 aromatic carbocycles. The minimum Gasteiger partial charge on any atom is -0.353 e. The van der Waals surface area contributed by atoms with E-state index in [9.17, 15) is 10.1 Å². The first-order valence-electron chi connectivity index (χ1n) is 7.81. The van der Waals surface area contributed by atoms with Crippen molar-refractivity contribution >= 4 is 11.5 Å². The van der Waals surface area contributed by atoms with Crippen LogP contribution in [-0.2, 0) is 13.5 Å². The van der Waals surface area contributed by atoms with E-state index in [1.54, 1.807) is 14.0 Å². The van der Waals surface area contributed by atoms with Gasteiger partial charge < -0.3 is 15.2 Å². The van der Waals surface area contributed by atoms with Gasteiger partial charge >= 0.3 is 5.69 Å². The van der Waals surface area contributed by atoms with E-state index in [-0.39, 0.29) is 17.8 Å². The summed E-state index contributed by atoms with van der Waals surface area (Å²) in [6, 6.07) is -0.103. The molecule has 0 aliphatic rings. The number of rotatable bonds is 8. The second-order valence-corrected chi connectivity index (χ2v) is 5.71. The van der Waals surface area contributed by atoms with Crippen LogP contribution in [-0.4, -0.2) is 37.9 Å². The first kappa shape index (κ1) is 17.9. The van der Waals surface area contributed by atoms with Crippen LogP contribution in [0.1, 0.15) is 43.7 Å². The van der Waals surface area contributed by atoms with Crippen LogP contribution in [0.25, 0.3) is 0 Å². The lowest BCUT2D eigenvalue weighted by Gasteiger charge is -2.13. The molecular weight excluding hydrogens is 314 g/mol. The summed E-state index contributed by atoms with van der Waals surface area (Å²) in [4.78, 5) is 15.2. The van der Waals surface area contributed by atoms with E-state index in [2.05, 4.69) is 25.9 Å². The normalized spacial score (nSPS) is 13.7. The standard InChI is InChI=1S/C14H23N7O3/c1-6-10(14-17-11(19-24-14)7-8(2)15-4)16-13-12(21(22)23)9(3)18-20(13)5/h8,10,15-16H,6-7H2,1-5H3. The van der Waals surface area contributed by atoms with Crippen LogP contribution >= 0.6 is 0 Å². The van der Waals surface area contributed by atoms with Gasteiger partial charge in [0.1, 0.15) is 11.7 Å². The highest BCUT2D eigenvalue weighted by Gasteiger charge is 2.28. The van der Waals surface area contributed by atoms with E-state index in [0.717, 1.165) is 0 Å². The van der Waals surface area contributed by atoms with Crippen molar-refractivity contribution in [2.75, 3.05) is 12.4 Å². The van der Waals surface area contributed by atoms with Crippen molar-refractivity contribution in [2.24, 2.45) is 7.05 Å². The Morgan fingerprint density at radius 1 is 1.46 bits per heavy atom. The van der Waals surface area contributed by atoms with Gasteiger partial charge in [0, 0.05) is 19.5 Å². The summed E-state index contributed by atoms with van der Waals surface area (Å²) in [7, 11) is 3.52. The van der Waals surface area contributed by atoms with E-state index < -0.39 is 4.92 Å². The first-order valence-corrected chi connectivity index (χ1v) is 7.81. The van der Waals surface area contributed by atoms with E-state index in [1.807, 2.05) is 20.9 Å². The minimum atomic E-state index is -0.439. The maximum Gasteiger partial charge on any atom is 0.333 e. The summed E-state index contributed by atoms with van der Waals surface area (Å²) in [6.07, 6.45) is 1.27. The summed E-state index contributed by atoms with van der Waals surface area (Å²) in [6.45, 7) is 5.56. The van der Waals surface area contributed by atoms with Crippen LogP contribution < -0.4 is 10.6 Å². The highest BCUT2D eigenvalue weighted by atomic mass is 16.6. The molecule has 24 heavy (non-hydrogen) atoms. The molecule has 2 aromatic rings. The van der Waals surface area contributed by atoms with Gasteiger partial charge in [-0.2, -0.15) is 10.1 Å². The monoisotopic (exact) mass is 337 g/mol. The van der Waals surface area contributed by atoms with Gasteiger partial charge in [-0.25, -0.2) is 4.68 Å². The number of aryl methyl sites for hydroxylation is 2. The van der Waals surface area contributed by atoms with Crippen LogP contribution in [0.15, 0.2) is 4.52 Å². The second-order valence-electron chi connectivity index (χ2n) is 5.71. The quantitative estimate of drug-likeness (QED) is 0.551. The smallest absolute Gasteiger partial charge is 0.333 e. The van der Waals surface area contributed by atoms with Crippen LogP contribution in [0, 0.1) is 17.0 Å². The fourth-order valence-corrected chi connectivity index (χ4v) is 2.40. The molecule has 0 bridgehead atoms. The Morgan fingerprint density at radius 3 is 2.75 bits per heavy atom. The average molecular weight is 337 g/mol. The Kier molecular flexibility index (Phi) is 5.50. The molecule has 10 nitrogen and oxygen atoms in total. The van der Waals surface area contributed by atoms with Gasteiger partial charge in [-0.15, -0.1) is 0 Å². The van der Waals surface area contributed by atoms with Gasteiger partial charge in [0.15, 0.2) is 5.82 Å². The van der Waals surface area contributed by atoms with Crippen LogP contribution in [0.4, 0.5) is 11.5 Å². The van der Waals surface area contributed by atoms with Gasteiger partial charge in [-0.3, -0.25) is 10.1 Å². The lowest BCUT2D eigenvalue weighted by molar-refractivity contribution is -0.384. The van der Waals surface area contributed by atoms with Crippen molar-refractivity contribution in [2.45, 2.75) is 45.7 Å². The molecule has 132 valence electrons. The number of anilines is 1. The largest absolute Gasteiger partial charge is 0.353 e. The molecule has 2 heterocycles. The van der Waals surface area contributed by atoms with Crippen molar-refractivity contribution in [3.63, 3.8) is 0 Å². The number of likely N-dealkylation sites (N-methyl/N-ethyl adjacent to an activating group) is 1. The molecule has 0 saturated heterocycles. The molecule has 2 aromatic heterocycles. The minimum absolute atomic E-state index is 0.0421. The zero-order valence-electron chi connectivity index (χ0n) is 14.5. The SMILES string of the molecule is CCC(Nc1c([N+](=O)[O-])c(C)nn1C)c1nc(CC(C)NC)no1. The van der Waals surface area contributed by atoms with Crippen LogP contribution in [0.5, 0.6) is 0 Å². The van der Waals surface area contributed by atoms with Crippen molar-refractivity contribution in [3.8, 4) is 0 Å². The number of nitrogens with zero attached hydrogens (tertiary/aromatic N) is 5. The maximum absolute atomic E-state index is 11.3. The Hall–Kier alpha value is -2.49. The fourth-order valence-electron chi connectivity index (χ4n) is 2.40. The molecule has 10 heteroatoms. The second kappa shape index (κ2) is 7.39. The van der Waals surface area contributed by atoms with E-state index in [4.69, 9.17) is 4.52 Å². The van der Waals surface area contributed by atoms with Crippen molar-refractivity contribution in [1.29, 1.82) is 0 Å². The van der Waals surface area contributed by atoms with Gasteiger partial charge in [0.25, 0.3) is 0 Å². The predicted molar refractivity (Wildman–Crippen MR) is 87.8 cm³/mol.